The van der Waals surface area contributed by atoms with E-state index in [1.807, 2.05) is 48.5 Å². The van der Waals surface area contributed by atoms with E-state index < -0.39 is 23.5 Å². The predicted molar refractivity (Wildman–Crippen MR) is 104 cm³/mol. The minimum Gasteiger partial charge on any atom is -0.480 e. The Labute approximate surface area is 158 Å². The van der Waals surface area contributed by atoms with Gasteiger partial charge in [0.05, 0.1) is 6.04 Å². The molecule has 0 aromatic heterocycles. The summed E-state index contributed by atoms with van der Waals surface area (Å²) in [7, 11) is 0. The minimum atomic E-state index is -1.05. The second kappa shape index (κ2) is 9.49. The van der Waals surface area contributed by atoms with Crippen LogP contribution in [0.15, 0.2) is 0 Å². The van der Waals surface area contributed by atoms with Gasteiger partial charge in [-0.15, -0.1) is 0 Å². The third kappa shape index (κ3) is 8.30. The zero-order chi connectivity index (χ0) is 20.9. The molecule has 0 aliphatic rings. The van der Waals surface area contributed by atoms with Crippen LogP contribution in [-0.2, 0) is 14.4 Å². The van der Waals surface area contributed by atoms with Crippen molar-refractivity contribution < 1.29 is 19.5 Å². The Morgan fingerprint density at radius 2 is 1.54 bits per heavy atom. The Morgan fingerprint density at radius 3 is 1.92 bits per heavy atom. The summed E-state index contributed by atoms with van der Waals surface area (Å²) in [6, 6.07) is -1.49. The van der Waals surface area contributed by atoms with Crippen molar-refractivity contribution in [2.75, 3.05) is 0 Å². The van der Waals surface area contributed by atoms with Gasteiger partial charge in [-0.25, -0.2) is 4.79 Å². The molecule has 0 spiro atoms. The molecule has 0 aromatic rings. The predicted octanol–water partition coefficient (Wildman–Crippen LogP) is 2.99. The lowest BCUT2D eigenvalue weighted by atomic mass is 9.76. The van der Waals surface area contributed by atoms with E-state index in [0.29, 0.717) is 12.8 Å². The molecule has 6 heteroatoms. The van der Waals surface area contributed by atoms with Crippen LogP contribution in [0.5, 0.6) is 0 Å². The number of carbonyl (C=O) groups is 3. The molecule has 0 fully saturated rings. The summed E-state index contributed by atoms with van der Waals surface area (Å²) in [6.45, 7) is 15.1. The number of carboxylic acids is 1. The maximum atomic E-state index is 12.5. The zero-order valence-corrected chi connectivity index (χ0v) is 17.7. The van der Waals surface area contributed by atoms with E-state index >= 15 is 0 Å². The Hall–Kier alpha value is -1.43. The van der Waals surface area contributed by atoms with Gasteiger partial charge in [-0.05, 0) is 30.1 Å². The highest BCUT2D eigenvalue weighted by molar-refractivity contribution is 5.89. The SMILES string of the molecule is CC(C)C(N)C(=O)C(C)(C)CCC(C)C(NC(=O)CC(C)(C)C)C(=O)O. The van der Waals surface area contributed by atoms with E-state index in [1.165, 1.54) is 0 Å². The first kappa shape index (κ1) is 24.6. The number of hydrogen-bond acceptors (Lipinski definition) is 4. The van der Waals surface area contributed by atoms with E-state index in [4.69, 9.17) is 5.73 Å². The van der Waals surface area contributed by atoms with Crippen LogP contribution in [-0.4, -0.2) is 34.8 Å². The molecule has 0 heterocycles. The summed E-state index contributed by atoms with van der Waals surface area (Å²) in [5.41, 5.74) is 5.15. The average molecular weight is 371 g/mol. The third-order valence-electron chi connectivity index (χ3n) is 4.76. The number of hydrogen-bond donors (Lipinski definition) is 3. The van der Waals surface area contributed by atoms with Crippen molar-refractivity contribution in [3.63, 3.8) is 0 Å². The van der Waals surface area contributed by atoms with Crippen LogP contribution in [0.3, 0.4) is 0 Å². The van der Waals surface area contributed by atoms with Gasteiger partial charge < -0.3 is 16.2 Å². The van der Waals surface area contributed by atoms with E-state index in [9.17, 15) is 19.5 Å². The molecule has 0 bridgehead atoms. The standard InChI is InChI=1S/C20H38N2O4/c1-12(2)15(21)17(24)20(7,8)10-9-13(3)16(18(25)26)22-14(23)11-19(4,5)6/h12-13,15-16H,9-11,21H2,1-8H3,(H,22,23)(H,25,26). The number of Topliss-reactive ketones (excluding diaryl/α,β-unsaturated/α-hetero) is 1. The van der Waals surface area contributed by atoms with Crippen LogP contribution < -0.4 is 11.1 Å². The molecule has 0 aliphatic carbocycles. The Balaban J connectivity index is 4.92. The highest BCUT2D eigenvalue weighted by Crippen LogP contribution is 2.29. The normalized spacial score (nSPS) is 16.1. The number of carbonyl (C=O) groups excluding carboxylic acids is 2. The fourth-order valence-corrected chi connectivity index (χ4v) is 2.79. The molecule has 1 amide bonds. The van der Waals surface area contributed by atoms with E-state index in [1.54, 1.807) is 6.92 Å². The lowest BCUT2D eigenvalue weighted by molar-refractivity contribution is -0.143. The molecule has 0 aromatic carbocycles. The van der Waals surface area contributed by atoms with Crippen molar-refractivity contribution in [2.24, 2.45) is 28.4 Å². The van der Waals surface area contributed by atoms with Crippen LogP contribution in [0.4, 0.5) is 0 Å². The largest absolute Gasteiger partial charge is 0.480 e. The summed E-state index contributed by atoms with van der Waals surface area (Å²) in [6.07, 6.45) is 1.29. The van der Waals surface area contributed by atoms with Crippen LogP contribution in [0.25, 0.3) is 0 Å². The minimum absolute atomic E-state index is 0.0108. The number of aliphatic carboxylic acids is 1. The molecular weight excluding hydrogens is 332 g/mol. The molecule has 152 valence electrons. The monoisotopic (exact) mass is 370 g/mol. The molecule has 0 radical (unpaired) electrons. The molecular formula is C20H38N2O4. The van der Waals surface area contributed by atoms with Gasteiger partial charge in [0.2, 0.25) is 5.91 Å². The highest BCUT2D eigenvalue weighted by Gasteiger charge is 2.35. The summed E-state index contributed by atoms with van der Waals surface area (Å²) >= 11 is 0. The van der Waals surface area contributed by atoms with Gasteiger partial charge in [0.15, 0.2) is 5.78 Å². The molecule has 0 rings (SSSR count). The van der Waals surface area contributed by atoms with E-state index in [2.05, 4.69) is 5.32 Å². The molecule has 4 N–H and O–H groups in total. The lowest BCUT2D eigenvalue weighted by Gasteiger charge is -2.30. The molecule has 0 saturated heterocycles. The maximum Gasteiger partial charge on any atom is 0.326 e. The molecule has 0 aliphatic heterocycles. The van der Waals surface area contributed by atoms with E-state index in [0.717, 1.165) is 0 Å². The van der Waals surface area contributed by atoms with Crippen molar-refractivity contribution >= 4 is 17.7 Å². The number of nitrogens with two attached hydrogens (primary N) is 1. The molecule has 6 nitrogen and oxygen atoms in total. The first-order valence-electron chi connectivity index (χ1n) is 9.40. The molecule has 3 atom stereocenters. The molecule has 26 heavy (non-hydrogen) atoms. The van der Waals surface area contributed by atoms with Gasteiger partial charge in [-0.3, -0.25) is 9.59 Å². The van der Waals surface area contributed by atoms with Crippen molar-refractivity contribution in [3.05, 3.63) is 0 Å². The number of rotatable bonds is 10. The van der Waals surface area contributed by atoms with Crippen LogP contribution >= 0.6 is 0 Å². The van der Waals surface area contributed by atoms with Crippen LogP contribution in [0, 0.1) is 22.7 Å². The average Bonchev–Trinajstić information content (AvgIpc) is 2.46. The number of nitrogens with one attached hydrogen (secondary N) is 1. The summed E-state index contributed by atoms with van der Waals surface area (Å²) < 4.78 is 0. The van der Waals surface area contributed by atoms with Crippen molar-refractivity contribution in [1.82, 2.24) is 5.32 Å². The Morgan fingerprint density at radius 1 is 1.04 bits per heavy atom. The van der Waals surface area contributed by atoms with Gasteiger partial charge in [0, 0.05) is 11.8 Å². The zero-order valence-electron chi connectivity index (χ0n) is 17.7. The van der Waals surface area contributed by atoms with E-state index in [-0.39, 0.29) is 35.4 Å². The van der Waals surface area contributed by atoms with Crippen LogP contribution in [0.2, 0.25) is 0 Å². The smallest absolute Gasteiger partial charge is 0.326 e. The van der Waals surface area contributed by atoms with Gasteiger partial charge in [-0.2, -0.15) is 0 Å². The van der Waals surface area contributed by atoms with Crippen molar-refractivity contribution in [1.29, 1.82) is 0 Å². The maximum absolute atomic E-state index is 12.5. The first-order valence-corrected chi connectivity index (χ1v) is 9.40. The van der Waals surface area contributed by atoms with Gasteiger partial charge in [0.1, 0.15) is 6.04 Å². The third-order valence-corrected chi connectivity index (χ3v) is 4.76. The van der Waals surface area contributed by atoms with Crippen molar-refractivity contribution in [3.8, 4) is 0 Å². The second-order valence-corrected chi connectivity index (χ2v) is 9.65. The number of amides is 1. The number of carboxylic acid groups (broad SMARTS) is 1. The quantitative estimate of drug-likeness (QED) is 0.547. The van der Waals surface area contributed by atoms with Gasteiger partial charge in [-0.1, -0.05) is 55.4 Å². The fourth-order valence-electron chi connectivity index (χ4n) is 2.79. The summed E-state index contributed by atoms with van der Waals surface area (Å²) in [5.74, 6) is -1.57. The number of ketones is 1. The second-order valence-electron chi connectivity index (χ2n) is 9.65. The van der Waals surface area contributed by atoms with Gasteiger partial charge >= 0.3 is 5.97 Å². The Kier molecular flexibility index (Phi) is 8.97. The van der Waals surface area contributed by atoms with Crippen LogP contribution in [0.1, 0.15) is 74.7 Å². The highest BCUT2D eigenvalue weighted by atomic mass is 16.4. The molecule has 3 unspecified atom stereocenters. The van der Waals surface area contributed by atoms with Crippen molar-refractivity contribution in [2.45, 2.75) is 86.7 Å². The lowest BCUT2D eigenvalue weighted by Crippen LogP contribution is -2.47. The fraction of sp³-hybridized carbons (Fsp3) is 0.850. The van der Waals surface area contributed by atoms with Gasteiger partial charge in [0.25, 0.3) is 0 Å². The first-order chi connectivity index (χ1) is 11.6. The summed E-state index contributed by atoms with van der Waals surface area (Å²) in [4.78, 5) is 36.2. The summed E-state index contributed by atoms with van der Waals surface area (Å²) in [5, 5.41) is 12.1. The topological polar surface area (TPSA) is 109 Å². The Bertz CT molecular complexity index is 506. The molecule has 0 saturated carbocycles.